The third-order valence-corrected chi connectivity index (χ3v) is 1.79. The molecule has 0 heterocycles. The van der Waals surface area contributed by atoms with Crippen LogP contribution in [0.25, 0.3) is 0 Å². The molecule has 1 rings (SSSR count). The number of methoxy groups -OCH3 is 1. The quantitative estimate of drug-likeness (QED) is 0.713. The number of hydrogen-bond donors (Lipinski definition) is 1. The highest BCUT2D eigenvalue weighted by Gasteiger charge is 2.02. The molecule has 70 valence electrons. The van der Waals surface area contributed by atoms with E-state index in [1.165, 1.54) is 7.11 Å². The normalized spacial score (nSPS) is 9.38. The second-order valence-electron chi connectivity index (χ2n) is 2.70. The van der Waals surface area contributed by atoms with Gasteiger partial charge in [-0.2, -0.15) is 0 Å². The topological polar surface area (TPSA) is 38.3 Å². The summed E-state index contributed by atoms with van der Waals surface area (Å²) in [4.78, 5) is 10.9. The standard InChI is InChI=1S/C10H13NO2/c1-11-9-5-3-4-8(6-9)7-10(12)13-2/h3-6,11H,7H2,1-2H3. The number of esters is 1. The van der Waals surface area contributed by atoms with E-state index in [0.29, 0.717) is 6.42 Å². The molecule has 0 bridgehead atoms. The first-order valence-electron chi connectivity index (χ1n) is 4.09. The molecule has 0 unspecified atom stereocenters. The van der Waals surface area contributed by atoms with Gasteiger partial charge in [-0.05, 0) is 17.7 Å². The lowest BCUT2D eigenvalue weighted by Crippen LogP contribution is -2.04. The Kier molecular flexibility index (Phi) is 3.31. The van der Waals surface area contributed by atoms with Gasteiger partial charge < -0.3 is 10.1 Å². The van der Waals surface area contributed by atoms with Crippen molar-refractivity contribution in [2.24, 2.45) is 0 Å². The molecule has 3 nitrogen and oxygen atoms in total. The molecule has 0 aliphatic heterocycles. The molecular weight excluding hydrogens is 166 g/mol. The van der Waals surface area contributed by atoms with E-state index in [4.69, 9.17) is 0 Å². The summed E-state index contributed by atoms with van der Waals surface area (Å²) in [6.07, 6.45) is 0.325. The summed E-state index contributed by atoms with van der Waals surface area (Å²) in [7, 11) is 3.24. The smallest absolute Gasteiger partial charge is 0.309 e. The Morgan fingerprint density at radius 1 is 1.54 bits per heavy atom. The van der Waals surface area contributed by atoms with Crippen LogP contribution < -0.4 is 5.32 Å². The highest BCUT2D eigenvalue weighted by molar-refractivity contribution is 5.72. The molecular formula is C10H13NO2. The molecule has 0 atom stereocenters. The molecule has 0 fully saturated rings. The molecule has 13 heavy (non-hydrogen) atoms. The largest absolute Gasteiger partial charge is 0.469 e. The SMILES string of the molecule is CNc1cccc(CC(=O)OC)c1. The van der Waals surface area contributed by atoms with Gasteiger partial charge in [0, 0.05) is 12.7 Å². The molecule has 0 saturated carbocycles. The van der Waals surface area contributed by atoms with Gasteiger partial charge in [-0.25, -0.2) is 0 Å². The van der Waals surface area contributed by atoms with Crippen molar-refractivity contribution in [3.05, 3.63) is 29.8 Å². The van der Waals surface area contributed by atoms with Crippen molar-refractivity contribution in [2.45, 2.75) is 6.42 Å². The Morgan fingerprint density at radius 3 is 2.92 bits per heavy atom. The fourth-order valence-electron chi connectivity index (χ4n) is 1.08. The van der Waals surface area contributed by atoms with Crippen molar-refractivity contribution >= 4 is 11.7 Å². The minimum Gasteiger partial charge on any atom is -0.469 e. The van der Waals surface area contributed by atoms with Gasteiger partial charge in [0.25, 0.3) is 0 Å². The number of benzene rings is 1. The van der Waals surface area contributed by atoms with Crippen molar-refractivity contribution in [1.82, 2.24) is 0 Å². The zero-order valence-electron chi connectivity index (χ0n) is 7.83. The maximum Gasteiger partial charge on any atom is 0.309 e. The molecule has 1 aromatic rings. The second kappa shape index (κ2) is 4.50. The van der Waals surface area contributed by atoms with Crippen LogP contribution in [0.3, 0.4) is 0 Å². The highest BCUT2D eigenvalue weighted by atomic mass is 16.5. The van der Waals surface area contributed by atoms with Crippen LogP contribution in [0, 0.1) is 0 Å². The summed E-state index contributed by atoms with van der Waals surface area (Å²) in [6, 6.07) is 7.68. The lowest BCUT2D eigenvalue weighted by molar-refractivity contribution is -0.139. The zero-order chi connectivity index (χ0) is 9.68. The van der Waals surface area contributed by atoms with Crippen molar-refractivity contribution in [2.75, 3.05) is 19.5 Å². The number of rotatable bonds is 3. The van der Waals surface area contributed by atoms with E-state index < -0.39 is 0 Å². The van der Waals surface area contributed by atoms with Crippen molar-refractivity contribution < 1.29 is 9.53 Å². The minimum atomic E-state index is -0.215. The number of carbonyl (C=O) groups is 1. The van der Waals surface area contributed by atoms with E-state index in [9.17, 15) is 4.79 Å². The molecule has 0 amide bonds. The molecule has 1 aromatic carbocycles. The maximum absolute atomic E-state index is 10.9. The van der Waals surface area contributed by atoms with Crippen LogP contribution in [0.1, 0.15) is 5.56 Å². The Labute approximate surface area is 77.7 Å². The summed E-state index contributed by atoms with van der Waals surface area (Å²) >= 11 is 0. The average molecular weight is 179 g/mol. The predicted octanol–water partition coefficient (Wildman–Crippen LogP) is 1.44. The molecule has 0 aliphatic rings. The minimum absolute atomic E-state index is 0.215. The lowest BCUT2D eigenvalue weighted by Gasteiger charge is -2.03. The fraction of sp³-hybridized carbons (Fsp3) is 0.300. The van der Waals surface area contributed by atoms with Crippen LogP contribution >= 0.6 is 0 Å². The monoisotopic (exact) mass is 179 g/mol. The van der Waals surface area contributed by atoms with Crippen LogP contribution in [0.5, 0.6) is 0 Å². The molecule has 0 aliphatic carbocycles. The van der Waals surface area contributed by atoms with Crippen molar-refractivity contribution in [3.8, 4) is 0 Å². The first kappa shape index (κ1) is 9.58. The number of carbonyl (C=O) groups excluding carboxylic acids is 1. The first-order chi connectivity index (χ1) is 6.26. The number of nitrogens with one attached hydrogen (secondary N) is 1. The summed E-state index contributed by atoms with van der Waals surface area (Å²) in [5, 5.41) is 3.01. The summed E-state index contributed by atoms with van der Waals surface area (Å²) in [6.45, 7) is 0. The molecule has 3 heteroatoms. The van der Waals surface area contributed by atoms with Gasteiger partial charge in [0.05, 0.1) is 13.5 Å². The van der Waals surface area contributed by atoms with Crippen molar-refractivity contribution in [3.63, 3.8) is 0 Å². The van der Waals surface area contributed by atoms with E-state index in [0.717, 1.165) is 11.3 Å². The third-order valence-electron chi connectivity index (χ3n) is 1.79. The highest BCUT2D eigenvalue weighted by Crippen LogP contribution is 2.10. The summed E-state index contributed by atoms with van der Waals surface area (Å²) < 4.78 is 4.57. The predicted molar refractivity (Wildman–Crippen MR) is 51.7 cm³/mol. The molecule has 0 radical (unpaired) electrons. The Balaban J connectivity index is 2.71. The average Bonchev–Trinajstić information content (AvgIpc) is 2.18. The van der Waals surface area contributed by atoms with Crippen molar-refractivity contribution in [1.29, 1.82) is 0 Å². The first-order valence-corrected chi connectivity index (χ1v) is 4.09. The van der Waals surface area contributed by atoms with E-state index in [-0.39, 0.29) is 5.97 Å². The van der Waals surface area contributed by atoms with Gasteiger partial charge in [0.2, 0.25) is 0 Å². The van der Waals surface area contributed by atoms with Crippen LogP contribution in [0.4, 0.5) is 5.69 Å². The van der Waals surface area contributed by atoms with Crippen LogP contribution in [0.15, 0.2) is 24.3 Å². The number of ether oxygens (including phenoxy) is 1. The Bertz CT molecular complexity index is 297. The van der Waals surface area contributed by atoms with Gasteiger partial charge in [0.15, 0.2) is 0 Å². The molecule has 0 aromatic heterocycles. The van der Waals surface area contributed by atoms with Gasteiger partial charge in [-0.15, -0.1) is 0 Å². The number of hydrogen-bond acceptors (Lipinski definition) is 3. The second-order valence-corrected chi connectivity index (χ2v) is 2.70. The Hall–Kier alpha value is -1.51. The summed E-state index contributed by atoms with van der Waals surface area (Å²) in [5.41, 5.74) is 1.96. The van der Waals surface area contributed by atoms with Crippen LogP contribution in [-0.2, 0) is 16.0 Å². The number of anilines is 1. The molecule has 1 N–H and O–H groups in total. The maximum atomic E-state index is 10.9. The Morgan fingerprint density at radius 2 is 2.31 bits per heavy atom. The van der Waals surface area contributed by atoms with Gasteiger partial charge >= 0.3 is 5.97 Å². The zero-order valence-corrected chi connectivity index (χ0v) is 7.83. The third kappa shape index (κ3) is 2.78. The molecule has 0 saturated heterocycles. The van der Waals surface area contributed by atoms with Crippen LogP contribution in [0.2, 0.25) is 0 Å². The van der Waals surface area contributed by atoms with Gasteiger partial charge in [0.1, 0.15) is 0 Å². The summed E-state index contributed by atoms with van der Waals surface area (Å²) in [5.74, 6) is -0.215. The van der Waals surface area contributed by atoms with E-state index in [1.54, 1.807) is 0 Å². The lowest BCUT2D eigenvalue weighted by atomic mass is 10.1. The van der Waals surface area contributed by atoms with Gasteiger partial charge in [-0.3, -0.25) is 4.79 Å². The van der Waals surface area contributed by atoms with Gasteiger partial charge in [-0.1, -0.05) is 12.1 Å². The fourth-order valence-corrected chi connectivity index (χ4v) is 1.08. The van der Waals surface area contributed by atoms with E-state index in [1.807, 2.05) is 31.3 Å². The molecule has 0 spiro atoms. The van der Waals surface area contributed by atoms with E-state index in [2.05, 4.69) is 10.1 Å². The van der Waals surface area contributed by atoms with E-state index >= 15 is 0 Å². The van der Waals surface area contributed by atoms with Crippen LogP contribution in [-0.4, -0.2) is 20.1 Å².